The smallest absolute Gasteiger partial charge is 0.235 e. The summed E-state index contributed by atoms with van der Waals surface area (Å²) in [6.07, 6.45) is 3.98. The van der Waals surface area contributed by atoms with Gasteiger partial charge in [0, 0.05) is 12.2 Å². The summed E-state index contributed by atoms with van der Waals surface area (Å²) >= 11 is 0. The molecule has 0 amide bonds. The second-order valence-corrected chi connectivity index (χ2v) is 7.27. The van der Waals surface area contributed by atoms with Crippen LogP contribution < -0.4 is 10.0 Å². The van der Waals surface area contributed by atoms with Crippen molar-refractivity contribution in [3.8, 4) is 0 Å². The first-order valence-corrected chi connectivity index (χ1v) is 8.06. The highest BCUT2D eigenvalue weighted by Crippen LogP contribution is 2.35. The molecule has 0 radical (unpaired) electrons. The highest BCUT2D eigenvalue weighted by atomic mass is 32.2. The van der Waals surface area contributed by atoms with E-state index in [1.165, 1.54) is 12.8 Å². The molecular weight excluding hydrogens is 248 g/mol. The number of nitrogens with zero attached hydrogens (tertiary/aromatic N) is 1. The van der Waals surface area contributed by atoms with Crippen LogP contribution in [0.3, 0.4) is 0 Å². The number of hydrogen-bond donors (Lipinski definition) is 1. The van der Waals surface area contributed by atoms with Gasteiger partial charge in [0.1, 0.15) is 0 Å². The molecular formula is C13H18N2O2S. The molecule has 2 N–H and O–H groups in total. The maximum Gasteiger partial charge on any atom is 0.235 e. The molecule has 3 rings (SSSR count). The zero-order chi connectivity index (χ0) is 12.8. The molecule has 4 nitrogen and oxygen atoms in total. The molecule has 98 valence electrons. The predicted octanol–water partition coefficient (Wildman–Crippen LogP) is 1.76. The number of hydrogen-bond acceptors (Lipinski definition) is 3. The lowest BCUT2D eigenvalue weighted by atomic mass is 10.1. The fourth-order valence-corrected chi connectivity index (χ4v) is 4.18. The Bertz CT molecular complexity index is 564. The third-order valence-corrected chi connectivity index (χ3v) is 5.58. The van der Waals surface area contributed by atoms with E-state index in [1.807, 2.05) is 12.1 Å². The lowest BCUT2D eigenvalue weighted by Crippen LogP contribution is -2.31. The minimum atomic E-state index is -3.17. The van der Waals surface area contributed by atoms with E-state index < -0.39 is 10.0 Å². The summed E-state index contributed by atoms with van der Waals surface area (Å²) < 4.78 is 26.2. The molecule has 18 heavy (non-hydrogen) atoms. The fraction of sp³-hybridized carbons (Fsp3) is 0.538. The van der Waals surface area contributed by atoms with Gasteiger partial charge >= 0.3 is 0 Å². The average molecular weight is 266 g/mol. The van der Waals surface area contributed by atoms with Gasteiger partial charge in [-0.2, -0.15) is 0 Å². The second-order valence-electron chi connectivity index (χ2n) is 5.26. The number of benzene rings is 1. The molecule has 1 aliphatic heterocycles. The van der Waals surface area contributed by atoms with Crippen LogP contribution in [-0.4, -0.2) is 20.7 Å². The first-order chi connectivity index (χ1) is 8.56. The van der Waals surface area contributed by atoms with E-state index in [-0.39, 0.29) is 5.75 Å². The normalized spacial score (nSPS) is 19.0. The van der Waals surface area contributed by atoms with Crippen molar-refractivity contribution in [2.24, 2.45) is 5.92 Å². The molecule has 2 aliphatic rings. The Labute approximate surface area is 108 Å². The second kappa shape index (κ2) is 4.16. The summed E-state index contributed by atoms with van der Waals surface area (Å²) in [5.74, 6) is 0.911. The van der Waals surface area contributed by atoms with Crippen LogP contribution in [0.25, 0.3) is 0 Å². The van der Waals surface area contributed by atoms with E-state index in [1.54, 1.807) is 10.4 Å². The van der Waals surface area contributed by atoms with Crippen molar-refractivity contribution in [2.75, 3.05) is 22.3 Å². The molecule has 0 bridgehead atoms. The van der Waals surface area contributed by atoms with Crippen molar-refractivity contribution in [3.63, 3.8) is 0 Å². The van der Waals surface area contributed by atoms with Crippen molar-refractivity contribution < 1.29 is 8.42 Å². The fourth-order valence-electron chi connectivity index (χ4n) is 2.49. The van der Waals surface area contributed by atoms with Gasteiger partial charge in [-0.15, -0.1) is 0 Å². The highest BCUT2D eigenvalue weighted by Gasteiger charge is 2.31. The molecule has 1 fully saturated rings. The van der Waals surface area contributed by atoms with Gasteiger partial charge in [0.2, 0.25) is 10.0 Å². The number of nitrogens with two attached hydrogens (primary N) is 1. The van der Waals surface area contributed by atoms with Crippen molar-refractivity contribution in [3.05, 3.63) is 23.8 Å². The zero-order valence-corrected chi connectivity index (χ0v) is 11.1. The monoisotopic (exact) mass is 266 g/mol. The van der Waals surface area contributed by atoms with E-state index >= 15 is 0 Å². The third-order valence-electron chi connectivity index (χ3n) is 3.78. The molecule has 1 heterocycles. The van der Waals surface area contributed by atoms with Crippen LogP contribution in [0.4, 0.5) is 11.4 Å². The largest absolute Gasteiger partial charge is 0.399 e. The van der Waals surface area contributed by atoms with Crippen LogP contribution >= 0.6 is 0 Å². The van der Waals surface area contributed by atoms with Gasteiger partial charge in [0.25, 0.3) is 0 Å². The Morgan fingerprint density at radius 2 is 2.11 bits per heavy atom. The average Bonchev–Trinajstić information content (AvgIpc) is 3.05. The minimum Gasteiger partial charge on any atom is -0.399 e. The minimum absolute atomic E-state index is 0.270. The summed E-state index contributed by atoms with van der Waals surface area (Å²) in [4.78, 5) is 0. The van der Waals surface area contributed by atoms with Gasteiger partial charge in [-0.05, 0) is 36.5 Å². The Morgan fingerprint density at radius 1 is 1.33 bits per heavy atom. The zero-order valence-electron chi connectivity index (χ0n) is 10.3. The Kier molecular flexibility index (Phi) is 2.73. The van der Waals surface area contributed by atoms with Gasteiger partial charge in [-0.25, -0.2) is 8.42 Å². The Balaban J connectivity index is 1.83. The lowest BCUT2D eigenvalue weighted by molar-refractivity contribution is 0.586. The van der Waals surface area contributed by atoms with Crippen LogP contribution in [0.15, 0.2) is 18.2 Å². The molecule has 0 aromatic heterocycles. The number of fused-ring (bicyclic) bond motifs is 1. The van der Waals surface area contributed by atoms with E-state index in [0.717, 1.165) is 24.1 Å². The number of sulfonamides is 1. The van der Waals surface area contributed by atoms with Crippen LogP contribution in [0.1, 0.15) is 24.8 Å². The van der Waals surface area contributed by atoms with Gasteiger partial charge in [0.15, 0.2) is 0 Å². The number of nitrogen functional groups attached to an aromatic ring is 1. The van der Waals surface area contributed by atoms with Crippen LogP contribution in [-0.2, 0) is 16.4 Å². The van der Waals surface area contributed by atoms with Gasteiger partial charge in [-0.3, -0.25) is 4.31 Å². The van der Waals surface area contributed by atoms with E-state index in [2.05, 4.69) is 0 Å². The molecule has 0 atom stereocenters. The summed E-state index contributed by atoms with van der Waals surface area (Å²) in [6.45, 7) is 0.561. The molecule has 0 unspecified atom stereocenters. The molecule has 1 saturated carbocycles. The van der Waals surface area contributed by atoms with E-state index in [9.17, 15) is 8.42 Å². The third kappa shape index (κ3) is 2.19. The van der Waals surface area contributed by atoms with Crippen molar-refractivity contribution in [2.45, 2.75) is 25.7 Å². The summed E-state index contributed by atoms with van der Waals surface area (Å²) in [7, 11) is -3.17. The van der Waals surface area contributed by atoms with Crippen LogP contribution in [0.2, 0.25) is 0 Å². The summed E-state index contributed by atoms with van der Waals surface area (Å²) in [5, 5.41) is 0. The first-order valence-electron chi connectivity index (χ1n) is 6.45. The maximum atomic E-state index is 12.3. The van der Waals surface area contributed by atoms with E-state index in [0.29, 0.717) is 18.2 Å². The van der Waals surface area contributed by atoms with Crippen LogP contribution in [0.5, 0.6) is 0 Å². The summed E-state index contributed by atoms with van der Waals surface area (Å²) in [5.41, 5.74) is 8.24. The summed E-state index contributed by atoms with van der Waals surface area (Å²) in [6, 6.07) is 5.54. The van der Waals surface area contributed by atoms with Crippen molar-refractivity contribution in [1.29, 1.82) is 0 Å². The predicted molar refractivity (Wildman–Crippen MR) is 73.0 cm³/mol. The van der Waals surface area contributed by atoms with Crippen molar-refractivity contribution >= 4 is 21.4 Å². The van der Waals surface area contributed by atoms with E-state index in [4.69, 9.17) is 5.73 Å². The van der Waals surface area contributed by atoms with Gasteiger partial charge < -0.3 is 5.73 Å². The SMILES string of the molecule is Nc1ccc2c(c1)N(S(=O)(=O)CCC1CC1)CC2. The topological polar surface area (TPSA) is 63.4 Å². The number of rotatable bonds is 4. The number of anilines is 2. The molecule has 1 aromatic carbocycles. The molecule has 1 aliphatic carbocycles. The lowest BCUT2D eigenvalue weighted by Gasteiger charge is -2.19. The Hall–Kier alpha value is -1.23. The quantitative estimate of drug-likeness (QED) is 0.845. The molecule has 1 aromatic rings. The van der Waals surface area contributed by atoms with Crippen LogP contribution in [0, 0.1) is 5.92 Å². The maximum absolute atomic E-state index is 12.3. The highest BCUT2D eigenvalue weighted by molar-refractivity contribution is 7.92. The van der Waals surface area contributed by atoms with Crippen molar-refractivity contribution in [1.82, 2.24) is 0 Å². The first kappa shape index (κ1) is 11.8. The van der Waals surface area contributed by atoms with Gasteiger partial charge in [-0.1, -0.05) is 18.9 Å². The van der Waals surface area contributed by atoms with Gasteiger partial charge in [0.05, 0.1) is 11.4 Å². The standard InChI is InChI=1S/C13H18N2O2S/c14-12-4-3-11-5-7-15(13(11)9-12)18(16,17)8-6-10-1-2-10/h3-4,9-10H,1-2,5-8,14H2. The molecule has 5 heteroatoms. The molecule has 0 spiro atoms. The molecule has 0 saturated heterocycles. The Morgan fingerprint density at radius 3 is 2.83 bits per heavy atom.